The zero-order chi connectivity index (χ0) is 14.0. The molecule has 1 saturated carbocycles. The van der Waals surface area contributed by atoms with E-state index in [4.69, 9.17) is 5.73 Å². The lowest BCUT2D eigenvalue weighted by atomic mass is 10.2. The minimum absolute atomic E-state index is 0.0493. The molecule has 1 aromatic rings. The van der Waals surface area contributed by atoms with Crippen molar-refractivity contribution in [1.82, 2.24) is 10.3 Å². The number of aromatic nitrogens is 1. The second-order valence-electron chi connectivity index (χ2n) is 4.35. The number of nitrogens with one attached hydrogen (secondary N) is 2. The fourth-order valence-electron chi connectivity index (χ4n) is 1.46. The van der Waals surface area contributed by atoms with Gasteiger partial charge in [0.2, 0.25) is 5.91 Å². The van der Waals surface area contributed by atoms with Crippen molar-refractivity contribution < 1.29 is 18.0 Å². The summed E-state index contributed by atoms with van der Waals surface area (Å²) in [4.78, 5) is 14.6. The van der Waals surface area contributed by atoms with Gasteiger partial charge in [0, 0.05) is 6.04 Å². The summed E-state index contributed by atoms with van der Waals surface area (Å²) >= 11 is 0. The molecule has 1 amide bonds. The van der Waals surface area contributed by atoms with E-state index in [9.17, 15) is 18.0 Å². The average molecular weight is 274 g/mol. The molecule has 8 heteroatoms. The van der Waals surface area contributed by atoms with Crippen molar-refractivity contribution in [2.45, 2.75) is 25.1 Å². The number of hydrogen-bond acceptors (Lipinski definition) is 4. The second kappa shape index (κ2) is 4.94. The molecule has 1 heterocycles. The van der Waals surface area contributed by atoms with Gasteiger partial charge in [-0.2, -0.15) is 13.2 Å². The standard InChI is InChI=1S/C11H13F3N4O/c12-11(13,14)9-3-8(7(15)4-17-9)16-5-10(19)18-6-1-2-6/h3-4,6H,1-2,5,15H2,(H,16,17)(H,18,19). The maximum Gasteiger partial charge on any atom is 0.433 e. The van der Waals surface area contributed by atoms with E-state index < -0.39 is 11.9 Å². The van der Waals surface area contributed by atoms with E-state index in [-0.39, 0.29) is 29.9 Å². The zero-order valence-electron chi connectivity index (χ0n) is 9.92. The van der Waals surface area contributed by atoms with Crippen LogP contribution >= 0.6 is 0 Å². The van der Waals surface area contributed by atoms with E-state index in [0.29, 0.717) is 0 Å². The molecule has 0 spiro atoms. The lowest BCUT2D eigenvalue weighted by Crippen LogP contribution is -2.31. The Bertz CT molecular complexity index is 485. The van der Waals surface area contributed by atoms with Crippen molar-refractivity contribution in [2.75, 3.05) is 17.6 Å². The van der Waals surface area contributed by atoms with E-state index >= 15 is 0 Å². The summed E-state index contributed by atoms with van der Waals surface area (Å²) in [5.74, 6) is -0.271. The Balaban J connectivity index is 2.00. The Morgan fingerprint density at radius 3 is 2.74 bits per heavy atom. The topological polar surface area (TPSA) is 80.0 Å². The lowest BCUT2D eigenvalue weighted by Gasteiger charge is -2.12. The molecule has 2 rings (SSSR count). The number of halogens is 3. The molecule has 0 saturated heterocycles. The number of amides is 1. The normalized spacial score (nSPS) is 15.1. The van der Waals surface area contributed by atoms with E-state index in [2.05, 4.69) is 15.6 Å². The minimum atomic E-state index is -4.54. The first-order valence-electron chi connectivity index (χ1n) is 5.72. The molecule has 0 aromatic carbocycles. The molecule has 1 aromatic heterocycles. The number of carbonyl (C=O) groups excluding carboxylic acids is 1. The third kappa shape index (κ3) is 3.73. The SMILES string of the molecule is Nc1cnc(C(F)(F)F)cc1NCC(=O)NC1CC1. The summed E-state index contributed by atoms with van der Waals surface area (Å²) in [6, 6.07) is 0.995. The van der Waals surface area contributed by atoms with E-state index in [1.54, 1.807) is 0 Å². The summed E-state index contributed by atoms with van der Waals surface area (Å²) in [6.07, 6.45) is -1.73. The molecule has 1 fully saturated rings. The van der Waals surface area contributed by atoms with Crippen LogP contribution in [0.1, 0.15) is 18.5 Å². The summed E-state index contributed by atoms with van der Waals surface area (Å²) in [7, 11) is 0. The monoisotopic (exact) mass is 274 g/mol. The van der Waals surface area contributed by atoms with Crippen LogP contribution in [-0.4, -0.2) is 23.5 Å². The molecule has 0 atom stereocenters. The van der Waals surface area contributed by atoms with Crippen molar-refractivity contribution in [3.05, 3.63) is 18.0 Å². The highest BCUT2D eigenvalue weighted by Gasteiger charge is 2.33. The number of nitrogen functional groups attached to an aromatic ring is 1. The highest BCUT2D eigenvalue weighted by atomic mass is 19.4. The van der Waals surface area contributed by atoms with Gasteiger partial charge in [0.15, 0.2) is 0 Å². The van der Waals surface area contributed by atoms with Crippen molar-refractivity contribution in [3.63, 3.8) is 0 Å². The molecular formula is C11H13F3N4O. The predicted molar refractivity (Wildman–Crippen MR) is 63.3 cm³/mol. The van der Waals surface area contributed by atoms with Gasteiger partial charge in [-0.1, -0.05) is 0 Å². The Kier molecular flexibility index (Phi) is 3.50. The lowest BCUT2D eigenvalue weighted by molar-refractivity contribution is -0.141. The fraction of sp³-hybridized carbons (Fsp3) is 0.455. The molecule has 4 N–H and O–H groups in total. The number of anilines is 2. The van der Waals surface area contributed by atoms with E-state index in [0.717, 1.165) is 25.1 Å². The van der Waals surface area contributed by atoms with Crippen LogP contribution in [0.4, 0.5) is 24.5 Å². The number of pyridine rings is 1. The fourth-order valence-corrected chi connectivity index (χ4v) is 1.46. The van der Waals surface area contributed by atoms with Crippen LogP contribution in [0.15, 0.2) is 12.3 Å². The minimum Gasteiger partial charge on any atom is -0.396 e. The van der Waals surface area contributed by atoms with Gasteiger partial charge < -0.3 is 16.4 Å². The Hall–Kier alpha value is -1.99. The third-order valence-electron chi connectivity index (χ3n) is 2.61. The van der Waals surface area contributed by atoms with Crippen molar-refractivity contribution in [2.24, 2.45) is 0 Å². The summed E-state index contributed by atoms with van der Waals surface area (Å²) in [5, 5.41) is 5.29. The van der Waals surface area contributed by atoms with Crippen LogP contribution in [-0.2, 0) is 11.0 Å². The molecule has 5 nitrogen and oxygen atoms in total. The van der Waals surface area contributed by atoms with Gasteiger partial charge in [-0.15, -0.1) is 0 Å². The molecule has 0 radical (unpaired) electrons. The second-order valence-corrected chi connectivity index (χ2v) is 4.35. The molecule has 0 bridgehead atoms. The molecular weight excluding hydrogens is 261 g/mol. The molecule has 0 aliphatic heterocycles. The van der Waals surface area contributed by atoms with Gasteiger partial charge in [-0.25, -0.2) is 4.98 Å². The van der Waals surface area contributed by atoms with Gasteiger partial charge in [-0.3, -0.25) is 4.79 Å². The maximum atomic E-state index is 12.5. The van der Waals surface area contributed by atoms with Gasteiger partial charge in [0.05, 0.1) is 24.1 Å². The quantitative estimate of drug-likeness (QED) is 0.774. The molecule has 104 valence electrons. The van der Waals surface area contributed by atoms with Crippen LogP contribution in [0.3, 0.4) is 0 Å². The van der Waals surface area contributed by atoms with Crippen LogP contribution in [0.2, 0.25) is 0 Å². The van der Waals surface area contributed by atoms with Crippen molar-refractivity contribution >= 4 is 17.3 Å². The summed E-state index contributed by atoms with van der Waals surface area (Å²) in [6.45, 7) is -0.123. The van der Waals surface area contributed by atoms with E-state index in [1.807, 2.05) is 0 Å². The molecule has 1 aliphatic carbocycles. The number of nitrogens with zero attached hydrogens (tertiary/aromatic N) is 1. The first-order valence-corrected chi connectivity index (χ1v) is 5.72. The van der Waals surface area contributed by atoms with Gasteiger partial charge in [0.1, 0.15) is 5.69 Å². The number of alkyl halides is 3. The van der Waals surface area contributed by atoms with Crippen molar-refractivity contribution in [3.8, 4) is 0 Å². The highest BCUT2D eigenvalue weighted by molar-refractivity contribution is 5.82. The molecule has 1 aliphatic rings. The third-order valence-corrected chi connectivity index (χ3v) is 2.61. The summed E-state index contributed by atoms with van der Waals surface area (Å²) in [5.41, 5.74) is 4.57. The van der Waals surface area contributed by atoms with Gasteiger partial charge in [0.25, 0.3) is 0 Å². The van der Waals surface area contributed by atoms with Crippen molar-refractivity contribution in [1.29, 1.82) is 0 Å². The number of nitrogens with two attached hydrogens (primary N) is 1. The first kappa shape index (κ1) is 13.4. The smallest absolute Gasteiger partial charge is 0.396 e. The number of hydrogen-bond donors (Lipinski definition) is 3. The van der Waals surface area contributed by atoms with Crippen LogP contribution in [0, 0.1) is 0 Å². The highest BCUT2D eigenvalue weighted by Crippen LogP contribution is 2.30. The van der Waals surface area contributed by atoms with Gasteiger partial charge >= 0.3 is 6.18 Å². The zero-order valence-corrected chi connectivity index (χ0v) is 9.92. The van der Waals surface area contributed by atoms with Crippen LogP contribution in [0.5, 0.6) is 0 Å². The van der Waals surface area contributed by atoms with Crippen LogP contribution in [0.25, 0.3) is 0 Å². The Labute approximate surface area is 107 Å². The molecule has 19 heavy (non-hydrogen) atoms. The summed E-state index contributed by atoms with van der Waals surface area (Å²) < 4.78 is 37.4. The Morgan fingerprint density at radius 1 is 1.47 bits per heavy atom. The first-order chi connectivity index (χ1) is 8.86. The average Bonchev–Trinajstić information content (AvgIpc) is 3.10. The van der Waals surface area contributed by atoms with Crippen LogP contribution < -0.4 is 16.4 Å². The Morgan fingerprint density at radius 2 is 2.16 bits per heavy atom. The van der Waals surface area contributed by atoms with Gasteiger partial charge in [-0.05, 0) is 18.9 Å². The molecule has 0 unspecified atom stereocenters. The number of rotatable bonds is 4. The predicted octanol–water partition coefficient (Wildman–Crippen LogP) is 1.37. The largest absolute Gasteiger partial charge is 0.433 e. The van der Waals surface area contributed by atoms with E-state index in [1.165, 1.54) is 0 Å². The maximum absolute atomic E-state index is 12.5. The number of carbonyl (C=O) groups is 1.